The minimum absolute atomic E-state index is 0.116. The average Bonchev–Trinajstić information content (AvgIpc) is 2.47. The first-order valence-electron chi connectivity index (χ1n) is 7.25. The Labute approximate surface area is 132 Å². The zero-order chi connectivity index (χ0) is 16.3. The van der Waals surface area contributed by atoms with Crippen molar-refractivity contribution in [2.24, 2.45) is 0 Å². The first-order chi connectivity index (χ1) is 10.3. The minimum Gasteiger partial charge on any atom is -0.495 e. The summed E-state index contributed by atoms with van der Waals surface area (Å²) in [4.78, 5) is 2.34. The van der Waals surface area contributed by atoms with Crippen molar-refractivity contribution >= 4 is 10.0 Å². The Balaban J connectivity index is 2.20. The molecule has 0 saturated carbocycles. The quantitative estimate of drug-likeness (QED) is 0.806. The number of morpholine rings is 1. The Morgan fingerprint density at radius 2 is 2.18 bits per heavy atom. The summed E-state index contributed by atoms with van der Waals surface area (Å²) in [6, 6.07) is 5.15. The molecule has 1 saturated heterocycles. The van der Waals surface area contributed by atoms with Crippen molar-refractivity contribution in [3.63, 3.8) is 0 Å². The third kappa shape index (κ3) is 3.78. The van der Waals surface area contributed by atoms with Gasteiger partial charge in [-0.2, -0.15) is 4.31 Å². The molecule has 124 valence electrons. The lowest BCUT2D eigenvalue weighted by atomic mass is 10.2. The lowest BCUT2D eigenvalue weighted by Crippen LogP contribution is -2.46. The molecule has 2 rings (SSSR count). The van der Waals surface area contributed by atoms with Gasteiger partial charge in [0.05, 0.1) is 19.8 Å². The second-order valence-electron chi connectivity index (χ2n) is 5.69. The summed E-state index contributed by atoms with van der Waals surface area (Å²) < 4.78 is 37.8. The topological polar surface area (TPSA) is 59.1 Å². The molecular formula is C15H24N2O4S. The van der Waals surface area contributed by atoms with Crippen LogP contribution in [0.15, 0.2) is 23.1 Å². The number of rotatable bonds is 5. The fraction of sp³-hybridized carbons (Fsp3) is 0.600. The molecule has 1 fully saturated rings. The van der Waals surface area contributed by atoms with Crippen LogP contribution in [0.5, 0.6) is 5.75 Å². The summed E-state index contributed by atoms with van der Waals surface area (Å²) in [6.45, 7) is 4.41. The van der Waals surface area contributed by atoms with E-state index in [2.05, 4.69) is 4.90 Å². The van der Waals surface area contributed by atoms with E-state index in [9.17, 15) is 8.42 Å². The van der Waals surface area contributed by atoms with Crippen LogP contribution in [0.1, 0.15) is 5.56 Å². The summed E-state index contributed by atoms with van der Waals surface area (Å²) in [6.07, 6.45) is -0.116. The standard InChI is InChI=1S/C15H24N2O4S/c1-12-5-6-14(20-4)15(9-12)22(18,19)17(3)11-13-10-16(2)7-8-21-13/h5-6,9,13H,7-8,10-11H2,1-4H3. The first kappa shape index (κ1) is 17.2. The summed E-state index contributed by atoms with van der Waals surface area (Å²) in [5, 5.41) is 0. The van der Waals surface area contributed by atoms with Crippen LogP contribution in [0, 0.1) is 6.92 Å². The molecule has 1 aromatic rings. The zero-order valence-electron chi connectivity index (χ0n) is 13.6. The van der Waals surface area contributed by atoms with Crippen LogP contribution in [0.2, 0.25) is 0 Å². The number of methoxy groups -OCH3 is 1. The van der Waals surface area contributed by atoms with Crippen LogP contribution < -0.4 is 4.74 Å². The van der Waals surface area contributed by atoms with Crippen LogP contribution in [0.4, 0.5) is 0 Å². The average molecular weight is 328 g/mol. The maximum atomic E-state index is 12.8. The van der Waals surface area contributed by atoms with Crippen LogP contribution in [0.25, 0.3) is 0 Å². The summed E-state index contributed by atoms with van der Waals surface area (Å²) in [5.74, 6) is 0.360. The van der Waals surface area contributed by atoms with E-state index in [-0.39, 0.29) is 11.0 Å². The van der Waals surface area contributed by atoms with Crippen molar-refractivity contribution in [3.8, 4) is 5.75 Å². The molecule has 1 unspecified atom stereocenters. The third-order valence-corrected chi connectivity index (χ3v) is 5.65. The molecule has 1 aliphatic heterocycles. The number of hydrogen-bond donors (Lipinski definition) is 0. The molecule has 1 atom stereocenters. The van der Waals surface area contributed by atoms with E-state index in [1.165, 1.54) is 11.4 Å². The van der Waals surface area contributed by atoms with E-state index in [0.29, 0.717) is 18.9 Å². The maximum absolute atomic E-state index is 12.8. The van der Waals surface area contributed by atoms with Crippen molar-refractivity contribution in [1.82, 2.24) is 9.21 Å². The molecule has 0 N–H and O–H groups in total. The van der Waals surface area contributed by atoms with Gasteiger partial charge in [0.2, 0.25) is 10.0 Å². The number of benzene rings is 1. The van der Waals surface area contributed by atoms with Crippen LogP contribution >= 0.6 is 0 Å². The predicted octanol–water partition coefficient (Wildman–Crippen LogP) is 0.955. The Kier molecular flexibility index (Phi) is 5.44. The van der Waals surface area contributed by atoms with Gasteiger partial charge in [-0.15, -0.1) is 0 Å². The van der Waals surface area contributed by atoms with Gasteiger partial charge >= 0.3 is 0 Å². The van der Waals surface area contributed by atoms with Gasteiger partial charge in [-0.1, -0.05) is 6.07 Å². The summed E-state index contributed by atoms with van der Waals surface area (Å²) in [7, 11) is 1.45. The van der Waals surface area contributed by atoms with Crippen molar-refractivity contribution < 1.29 is 17.9 Å². The summed E-state index contributed by atoms with van der Waals surface area (Å²) in [5.41, 5.74) is 0.876. The van der Waals surface area contributed by atoms with E-state index in [1.807, 2.05) is 20.0 Å². The Morgan fingerprint density at radius 3 is 2.82 bits per heavy atom. The van der Waals surface area contributed by atoms with Crippen molar-refractivity contribution in [3.05, 3.63) is 23.8 Å². The molecule has 0 spiro atoms. The lowest BCUT2D eigenvalue weighted by Gasteiger charge is -2.32. The van der Waals surface area contributed by atoms with Gasteiger partial charge in [-0.3, -0.25) is 0 Å². The number of hydrogen-bond acceptors (Lipinski definition) is 5. The molecule has 7 heteroatoms. The lowest BCUT2D eigenvalue weighted by molar-refractivity contribution is -0.0247. The number of aryl methyl sites for hydroxylation is 1. The SMILES string of the molecule is COc1ccc(C)cc1S(=O)(=O)N(C)CC1CN(C)CCO1. The third-order valence-electron chi connectivity index (χ3n) is 3.81. The molecular weight excluding hydrogens is 304 g/mol. The van der Waals surface area contributed by atoms with Crippen LogP contribution in [-0.4, -0.2) is 71.2 Å². The van der Waals surface area contributed by atoms with Crippen LogP contribution in [-0.2, 0) is 14.8 Å². The highest BCUT2D eigenvalue weighted by molar-refractivity contribution is 7.89. The van der Waals surface area contributed by atoms with Crippen LogP contribution in [0.3, 0.4) is 0 Å². The molecule has 1 heterocycles. The molecule has 22 heavy (non-hydrogen) atoms. The van der Waals surface area contributed by atoms with Gasteiger partial charge in [-0.05, 0) is 31.7 Å². The Morgan fingerprint density at radius 1 is 1.45 bits per heavy atom. The molecule has 1 aromatic carbocycles. The second-order valence-corrected chi connectivity index (χ2v) is 7.71. The smallest absolute Gasteiger partial charge is 0.246 e. The molecule has 0 bridgehead atoms. The molecule has 6 nitrogen and oxygen atoms in total. The van der Waals surface area contributed by atoms with Crippen molar-refractivity contribution in [2.75, 3.05) is 47.4 Å². The monoisotopic (exact) mass is 328 g/mol. The van der Waals surface area contributed by atoms with Gasteiger partial charge in [-0.25, -0.2) is 8.42 Å². The Hall–Kier alpha value is -1.15. The fourth-order valence-corrected chi connectivity index (χ4v) is 3.95. The van der Waals surface area contributed by atoms with Gasteiger partial charge in [0.1, 0.15) is 10.6 Å². The van der Waals surface area contributed by atoms with Gasteiger partial charge in [0.25, 0.3) is 0 Å². The van der Waals surface area contributed by atoms with E-state index in [4.69, 9.17) is 9.47 Å². The number of ether oxygens (including phenoxy) is 2. The van der Waals surface area contributed by atoms with Gasteiger partial charge in [0.15, 0.2) is 0 Å². The highest BCUT2D eigenvalue weighted by atomic mass is 32.2. The number of sulfonamides is 1. The summed E-state index contributed by atoms with van der Waals surface area (Å²) >= 11 is 0. The predicted molar refractivity (Wildman–Crippen MR) is 84.8 cm³/mol. The molecule has 0 aromatic heterocycles. The zero-order valence-corrected chi connectivity index (χ0v) is 14.4. The molecule has 0 aliphatic carbocycles. The maximum Gasteiger partial charge on any atom is 0.246 e. The Bertz CT molecular complexity index is 618. The molecule has 1 aliphatic rings. The molecule has 0 radical (unpaired) electrons. The number of nitrogens with zero attached hydrogens (tertiary/aromatic N) is 2. The second kappa shape index (κ2) is 6.95. The number of likely N-dealkylation sites (N-methyl/N-ethyl adjacent to an activating group) is 2. The van der Waals surface area contributed by atoms with Gasteiger partial charge in [0, 0.05) is 26.7 Å². The normalized spacial score (nSPS) is 20.3. The van der Waals surface area contributed by atoms with Gasteiger partial charge < -0.3 is 14.4 Å². The largest absolute Gasteiger partial charge is 0.495 e. The fourth-order valence-electron chi connectivity index (χ4n) is 2.52. The van der Waals surface area contributed by atoms with E-state index < -0.39 is 10.0 Å². The highest BCUT2D eigenvalue weighted by Crippen LogP contribution is 2.27. The van der Waals surface area contributed by atoms with Crippen molar-refractivity contribution in [2.45, 2.75) is 17.9 Å². The van der Waals surface area contributed by atoms with E-state index >= 15 is 0 Å². The highest BCUT2D eigenvalue weighted by Gasteiger charge is 2.28. The van der Waals surface area contributed by atoms with E-state index in [0.717, 1.165) is 18.7 Å². The van der Waals surface area contributed by atoms with E-state index in [1.54, 1.807) is 19.2 Å². The minimum atomic E-state index is -3.61. The van der Waals surface area contributed by atoms with Crippen molar-refractivity contribution in [1.29, 1.82) is 0 Å². The molecule has 0 amide bonds. The first-order valence-corrected chi connectivity index (χ1v) is 8.69.